The van der Waals surface area contributed by atoms with Gasteiger partial charge < -0.3 is 34.3 Å². The van der Waals surface area contributed by atoms with Gasteiger partial charge in [0.15, 0.2) is 0 Å². The van der Waals surface area contributed by atoms with Crippen molar-refractivity contribution in [3.05, 3.63) is 84.2 Å². The van der Waals surface area contributed by atoms with Gasteiger partial charge in [0.05, 0.1) is 50.2 Å². The highest BCUT2D eigenvalue weighted by atomic mass is 16.5. The molecule has 4 aromatic rings. The maximum absolute atomic E-state index is 13.0. The van der Waals surface area contributed by atoms with E-state index in [0.29, 0.717) is 75.8 Å². The number of ether oxygens (including phenoxy) is 5. The third-order valence-electron chi connectivity index (χ3n) is 14.3. The number of piperidine rings is 1. The summed E-state index contributed by atoms with van der Waals surface area (Å²) in [5.41, 5.74) is 5.08. The smallest absolute Gasteiger partial charge is 0.226 e. The van der Waals surface area contributed by atoms with Gasteiger partial charge in [-0.05, 0) is 117 Å². The first kappa shape index (κ1) is 50.2. The second-order valence-electron chi connectivity index (χ2n) is 19.5. The molecule has 0 spiro atoms. The van der Waals surface area contributed by atoms with Crippen LogP contribution in [0.5, 0.6) is 23.3 Å². The molecular formula is C56H76N6O7. The van der Waals surface area contributed by atoms with Crippen LogP contribution in [0.4, 0.5) is 0 Å². The van der Waals surface area contributed by atoms with Crippen molar-refractivity contribution in [2.45, 2.75) is 116 Å². The van der Waals surface area contributed by atoms with Crippen LogP contribution in [-0.4, -0.2) is 117 Å². The van der Waals surface area contributed by atoms with Gasteiger partial charge in [-0.25, -0.2) is 9.97 Å². The standard InChI is InChI=1S/C56H76N6O7/c1-2-65-48-20-14-45(15-21-48)52-25-19-47(39-54(64)58-30-27-43-12-6-7-13-43)60-56(52)69-41-62-34-36-67-50(40-62)28-35-66-49-22-16-44(17-23-49)51-24-18-46(38-53(63)57-29-26-42-10-4-5-11-42)59-55(51)68-37-33-61-31-8-3-9-32-61/h14-25,42-43,50H,2-13,26-41H2,1H3,(H,57,63)(H,58,64). The maximum Gasteiger partial charge on any atom is 0.226 e. The molecule has 13 heteroatoms. The Morgan fingerprint density at radius 1 is 0.594 bits per heavy atom. The molecule has 372 valence electrons. The van der Waals surface area contributed by atoms with Crippen LogP contribution in [0.1, 0.15) is 108 Å². The number of benzene rings is 2. The minimum absolute atomic E-state index is 0.00406. The van der Waals surface area contributed by atoms with Crippen molar-refractivity contribution in [3.8, 4) is 45.5 Å². The van der Waals surface area contributed by atoms with Crippen molar-refractivity contribution >= 4 is 11.8 Å². The summed E-state index contributed by atoms with van der Waals surface area (Å²) in [4.78, 5) is 40.4. The lowest BCUT2D eigenvalue weighted by Crippen LogP contribution is -2.44. The number of nitrogens with zero attached hydrogens (tertiary/aromatic N) is 4. The van der Waals surface area contributed by atoms with Gasteiger partial charge in [0.2, 0.25) is 23.6 Å². The quantitative estimate of drug-likeness (QED) is 0.0659. The second-order valence-corrected chi connectivity index (χ2v) is 19.5. The predicted molar refractivity (Wildman–Crippen MR) is 270 cm³/mol. The SMILES string of the molecule is CCOc1ccc(-c2ccc(CC(=O)NCCC3CCCC3)nc2OCN2CCOC(CCOc3ccc(-c4ccc(CC(=O)NCCC5CCCC5)nc4OCCN4CCCCC4)cc3)C2)cc1. The topological polar surface area (TPSA) is 137 Å². The number of hydrogen-bond acceptors (Lipinski definition) is 11. The number of pyridine rings is 2. The first-order valence-corrected chi connectivity index (χ1v) is 26.3. The average molecular weight is 945 g/mol. The number of aromatic nitrogens is 2. The normalized spacial score (nSPS) is 18.2. The number of rotatable bonds is 25. The Hall–Kier alpha value is -5.24. The molecule has 1 unspecified atom stereocenters. The zero-order chi connectivity index (χ0) is 47.5. The molecule has 0 radical (unpaired) electrons. The number of nitrogens with one attached hydrogen (secondary N) is 2. The first-order valence-electron chi connectivity index (χ1n) is 26.3. The molecule has 2 aliphatic carbocycles. The lowest BCUT2D eigenvalue weighted by atomic mass is 10.0. The van der Waals surface area contributed by atoms with Crippen molar-refractivity contribution in [3.63, 3.8) is 0 Å². The van der Waals surface area contributed by atoms with Gasteiger partial charge in [-0.15, -0.1) is 0 Å². The minimum Gasteiger partial charge on any atom is -0.494 e. The number of carbonyl (C=O) groups is 2. The molecule has 2 aliphatic heterocycles. The fraction of sp³-hybridized carbons (Fsp3) is 0.571. The van der Waals surface area contributed by atoms with Gasteiger partial charge in [-0.3, -0.25) is 19.4 Å². The summed E-state index contributed by atoms with van der Waals surface area (Å²) in [7, 11) is 0. The van der Waals surface area contributed by atoms with E-state index < -0.39 is 0 Å². The Labute approximate surface area is 410 Å². The monoisotopic (exact) mass is 945 g/mol. The van der Waals surface area contributed by atoms with Gasteiger partial charge in [0, 0.05) is 50.3 Å². The van der Waals surface area contributed by atoms with Crippen molar-refractivity contribution in [2.24, 2.45) is 11.8 Å². The molecule has 2 aromatic carbocycles. The molecule has 2 N–H and O–H groups in total. The van der Waals surface area contributed by atoms with Crippen LogP contribution in [-0.2, 0) is 27.2 Å². The van der Waals surface area contributed by atoms with Crippen LogP contribution in [0, 0.1) is 11.8 Å². The number of morpholine rings is 1. The van der Waals surface area contributed by atoms with Crippen molar-refractivity contribution in [1.82, 2.24) is 30.4 Å². The second kappa shape index (κ2) is 26.7. The van der Waals surface area contributed by atoms with E-state index in [1.807, 2.05) is 79.7 Å². The van der Waals surface area contributed by atoms with Crippen molar-refractivity contribution < 1.29 is 33.3 Å². The van der Waals surface area contributed by atoms with E-state index in [9.17, 15) is 9.59 Å². The largest absolute Gasteiger partial charge is 0.494 e. The zero-order valence-corrected chi connectivity index (χ0v) is 41.1. The summed E-state index contributed by atoms with van der Waals surface area (Å²) in [6, 6.07) is 23.9. The molecule has 8 rings (SSSR count). The average Bonchev–Trinajstić information content (AvgIpc) is 4.10. The van der Waals surface area contributed by atoms with E-state index in [1.165, 1.54) is 70.6 Å². The fourth-order valence-corrected chi connectivity index (χ4v) is 10.3. The Morgan fingerprint density at radius 2 is 1.14 bits per heavy atom. The molecule has 1 atom stereocenters. The van der Waals surface area contributed by atoms with Gasteiger partial charge in [0.1, 0.15) is 24.8 Å². The van der Waals surface area contributed by atoms with Gasteiger partial charge >= 0.3 is 0 Å². The Morgan fingerprint density at radius 3 is 1.71 bits per heavy atom. The molecule has 2 saturated heterocycles. The summed E-state index contributed by atoms with van der Waals surface area (Å²) < 4.78 is 31.0. The van der Waals surface area contributed by atoms with E-state index in [0.717, 1.165) is 91.2 Å². The van der Waals surface area contributed by atoms with E-state index in [-0.39, 0.29) is 30.8 Å². The summed E-state index contributed by atoms with van der Waals surface area (Å²) in [5, 5.41) is 6.24. The zero-order valence-electron chi connectivity index (χ0n) is 41.1. The predicted octanol–water partition coefficient (Wildman–Crippen LogP) is 9.06. The number of carbonyl (C=O) groups excluding carboxylic acids is 2. The molecule has 2 aromatic heterocycles. The Bertz CT molecular complexity index is 2190. The number of likely N-dealkylation sites (tertiary alicyclic amines) is 1. The molecule has 13 nitrogen and oxygen atoms in total. The molecule has 2 saturated carbocycles. The number of amides is 2. The van der Waals surface area contributed by atoms with Crippen LogP contribution < -0.4 is 29.6 Å². The van der Waals surface area contributed by atoms with Crippen LogP contribution in [0.3, 0.4) is 0 Å². The summed E-state index contributed by atoms with van der Waals surface area (Å²) in [6.07, 6.45) is 17.3. The highest BCUT2D eigenvalue weighted by Gasteiger charge is 2.23. The van der Waals surface area contributed by atoms with Crippen LogP contribution in [0.25, 0.3) is 22.3 Å². The lowest BCUT2D eigenvalue weighted by molar-refractivity contribution is -0.121. The van der Waals surface area contributed by atoms with Gasteiger partial charge in [-0.1, -0.05) is 82.1 Å². The maximum atomic E-state index is 13.0. The third-order valence-corrected chi connectivity index (χ3v) is 14.3. The minimum atomic E-state index is -0.0250. The third kappa shape index (κ3) is 15.9. The van der Waals surface area contributed by atoms with Crippen LogP contribution in [0.15, 0.2) is 72.8 Å². The first-order chi connectivity index (χ1) is 33.9. The van der Waals surface area contributed by atoms with E-state index in [2.05, 4.69) is 20.4 Å². The Kier molecular flexibility index (Phi) is 19.4. The lowest BCUT2D eigenvalue weighted by Gasteiger charge is -2.32. The van der Waals surface area contributed by atoms with E-state index in [4.69, 9.17) is 33.7 Å². The molecule has 4 fully saturated rings. The molecule has 4 aliphatic rings. The molecule has 69 heavy (non-hydrogen) atoms. The fourth-order valence-electron chi connectivity index (χ4n) is 10.3. The summed E-state index contributed by atoms with van der Waals surface area (Å²) in [5.74, 6) is 4.10. The summed E-state index contributed by atoms with van der Waals surface area (Å²) in [6.45, 7) is 10.5. The van der Waals surface area contributed by atoms with Gasteiger partial charge in [-0.2, -0.15) is 0 Å². The summed E-state index contributed by atoms with van der Waals surface area (Å²) >= 11 is 0. The van der Waals surface area contributed by atoms with Crippen LogP contribution >= 0.6 is 0 Å². The molecule has 0 bridgehead atoms. The molecule has 2 amide bonds. The number of hydrogen-bond donors (Lipinski definition) is 2. The van der Waals surface area contributed by atoms with Gasteiger partial charge in [0.25, 0.3) is 0 Å². The molecule has 4 heterocycles. The van der Waals surface area contributed by atoms with Crippen molar-refractivity contribution in [2.75, 3.05) is 79.0 Å². The highest BCUT2D eigenvalue weighted by molar-refractivity contribution is 5.79. The van der Waals surface area contributed by atoms with E-state index in [1.54, 1.807) is 0 Å². The van der Waals surface area contributed by atoms with Crippen molar-refractivity contribution in [1.29, 1.82) is 0 Å². The molecular weight excluding hydrogens is 869 g/mol. The van der Waals surface area contributed by atoms with E-state index >= 15 is 0 Å². The Balaban J connectivity index is 0.833. The highest BCUT2D eigenvalue weighted by Crippen LogP contribution is 2.33. The van der Waals surface area contributed by atoms with Crippen LogP contribution in [0.2, 0.25) is 0 Å².